The van der Waals surface area contributed by atoms with Crippen LogP contribution in [0, 0.1) is 0 Å². The van der Waals surface area contributed by atoms with E-state index in [0.29, 0.717) is 19.1 Å². The van der Waals surface area contributed by atoms with Crippen LogP contribution in [-0.2, 0) is 17.6 Å². The number of para-hydroxylation sites is 2. The van der Waals surface area contributed by atoms with Gasteiger partial charge in [-0.15, -0.1) is 11.6 Å². The van der Waals surface area contributed by atoms with Crippen LogP contribution in [0.4, 0.5) is 11.4 Å². The molecule has 0 radical (unpaired) electrons. The van der Waals surface area contributed by atoms with E-state index in [2.05, 4.69) is 53.4 Å². The van der Waals surface area contributed by atoms with E-state index < -0.39 is 0 Å². The second-order valence-electron chi connectivity index (χ2n) is 5.21. The Bertz CT molecular complexity index is 552. The van der Waals surface area contributed by atoms with Gasteiger partial charge in [-0.25, -0.2) is 0 Å². The van der Waals surface area contributed by atoms with Gasteiger partial charge in [0, 0.05) is 23.8 Å². The molecule has 0 spiro atoms. The van der Waals surface area contributed by atoms with Crippen molar-refractivity contribution >= 4 is 23.0 Å². The summed E-state index contributed by atoms with van der Waals surface area (Å²) in [5, 5.41) is 0. The first-order valence-corrected chi connectivity index (χ1v) is 8.00. The second-order valence-corrected chi connectivity index (χ2v) is 5.59. The third-order valence-electron chi connectivity index (χ3n) is 3.91. The highest BCUT2D eigenvalue weighted by Crippen LogP contribution is 2.35. The number of halogens is 1. The molecule has 0 N–H and O–H groups in total. The molecule has 0 aliphatic carbocycles. The molecule has 0 unspecified atom stereocenters. The van der Waals surface area contributed by atoms with Gasteiger partial charge in [0.05, 0.1) is 13.2 Å². The minimum atomic E-state index is 0.549. The summed E-state index contributed by atoms with van der Waals surface area (Å²) in [7, 11) is 0. The third kappa shape index (κ3) is 3.22. The third-order valence-corrected chi connectivity index (χ3v) is 4.06. The van der Waals surface area contributed by atoms with Gasteiger partial charge in [-0.1, -0.05) is 36.4 Å². The lowest BCUT2D eigenvalue weighted by Gasteiger charge is -2.26. The molecule has 0 amide bonds. The number of aryl methyl sites for hydroxylation is 2. The Kier molecular flexibility index (Phi) is 4.79. The number of hydrogen-bond acceptors (Lipinski definition) is 2. The van der Waals surface area contributed by atoms with E-state index in [1.54, 1.807) is 0 Å². The number of rotatable bonds is 5. The highest BCUT2D eigenvalue weighted by Gasteiger charge is 2.19. The lowest BCUT2D eigenvalue weighted by atomic mass is 10.0. The van der Waals surface area contributed by atoms with E-state index in [1.807, 2.05) is 0 Å². The van der Waals surface area contributed by atoms with Crippen molar-refractivity contribution < 1.29 is 4.74 Å². The van der Waals surface area contributed by atoms with Crippen LogP contribution in [0.2, 0.25) is 0 Å². The molecule has 3 rings (SSSR count). The molecule has 2 nitrogen and oxygen atoms in total. The highest BCUT2D eigenvalue weighted by molar-refractivity contribution is 6.17. The Labute approximate surface area is 131 Å². The number of hydrogen-bond donors (Lipinski definition) is 0. The summed E-state index contributed by atoms with van der Waals surface area (Å²) in [6, 6.07) is 17.3. The van der Waals surface area contributed by atoms with Crippen LogP contribution in [0.5, 0.6) is 0 Å². The molecule has 0 saturated heterocycles. The number of benzene rings is 2. The lowest BCUT2D eigenvalue weighted by Crippen LogP contribution is -2.23. The summed E-state index contributed by atoms with van der Waals surface area (Å²) < 4.78 is 5.58. The van der Waals surface area contributed by atoms with Gasteiger partial charge in [-0.2, -0.15) is 0 Å². The molecule has 0 saturated carbocycles. The Hall–Kier alpha value is -1.51. The Morgan fingerprint density at radius 1 is 0.857 bits per heavy atom. The summed E-state index contributed by atoms with van der Waals surface area (Å²) in [6.45, 7) is 2.15. The first kappa shape index (κ1) is 14.4. The average molecular weight is 302 g/mol. The summed E-state index contributed by atoms with van der Waals surface area (Å²) in [5.41, 5.74) is 5.42. The van der Waals surface area contributed by atoms with E-state index in [-0.39, 0.29) is 0 Å². The maximum atomic E-state index is 5.67. The molecule has 0 atom stereocenters. The zero-order valence-electron chi connectivity index (χ0n) is 12.1. The van der Waals surface area contributed by atoms with Gasteiger partial charge in [0.2, 0.25) is 0 Å². The van der Waals surface area contributed by atoms with E-state index in [4.69, 9.17) is 16.3 Å². The quantitative estimate of drug-likeness (QED) is 0.607. The molecule has 1 heterocycles. The molecule has 2 aromatic carbocycles. The number of alkyl halides is 1. The number of anilines is 2. The molecule has 2 aromatic rings. The molecular formula is C18H20ClNO. The van der Waals surface area contributed by atoms with Crippen molar-refractivity contribution in [1.29, 1.82) is 0 Å². The fourth-order valence-electron chi connectivity index (χ4n) is 2.92. The molecule has 3 heteroatoms. The van der Waals surface area contributed by atoms with Crippen LogP contribution in [0.25, 0.3) is 0 Å². The largest absolute Gasteiger partial charge is 0.378 e. The topological polar surface area (TPSA) is 12.5 Å². The maximum absolute atomic E-state index is 5.67. The molecule has 110 valence electrons. The van der Waals surface area contributed by atoms with Crippen molar-refractivity contribution in [2.45, 2.75) is 12.8 Å². The highest BCUT2D eigenvalue weighted by atomic mass is 35.5. The Morgan fingerprint density at radius 2 is 1.43 bits per heavy atom. The molecule has 0 fully saturated rings. The Balaban J connectivity index is 1.91. The van der Waals surface area contributed by atoms with Crippen LogP contribution in [0.1, 0.15) is 11.1 Å². The summed E-state index contributed by atoms with van der Waals surface area (Å²) in [4.78, 5) is 2.38. The molecular weight excluding hydrogens is 282 g/mol. The van der Waals surface area contributed by atoms with Crippen molar-refractivity contribution in [2.75, 3.05) is 30.5 Å². The Morgan fingerprint density at radius 3 is 2.00 bits per heavy atom. The minimum absolute atomic E-state index is 0.549. The standard InChI is InChI=1S/C18H20ClNO/c19-11-13-21-14-12-20-17-7-3-1-5-15(17)9-10-16-6-2-4-8-18(16)20/h1-8H,9-14H2. The SMILES string of the molecule is ClCCOCCN1c2ccccc2CCc2ccccc21. The normalized spacial score (nSPS) is 13.5. The van der Waals surface area contributed by atoms with Crippen LogP contribution >= 0.6 is 11.6 Å². The van der Waals surface area contributed by atoms with E-state index >= 15 is 0 Å². The summed E-state index contributed by atoms with van der Waals surface area (Å²) >= 11 is 5.67. The first-order valence-electron chi connectivity index (χ1n) is 7.47. The van der Waals surface area contributed by atoms with Gasteiger partial charge < -0.3 is 9.64 Å². The summed E-state index contributed by atoms with van der Waals surface area (Å²) in [5.74, 6) is 0.549. The van der Waals surface area contributed by atoms with Gasteiger partial charge in [0.1, 0.15) is 0 Å². The van der Waals surface area contributed by atoms with E-state index in [0.717, 1.165) is 19.4 Å². The fraction of sp³-hybridized carbons (Fsp3) is 0.333. The maximum Gasteiger partial charge on any atom is 0.0646 e. The van der Waals surface area contributed by atoms with Crippen molar-refractivity contribution in [3.8, 4) is 0 Å². The smallest absolute Gasteiger partial charge is 0.0646 e. The zero-order valence-corrected chi connectivity index (χ0v) is 12.9. The average Bonchev–Trinajstić information content (AvgIpc) is 2.69. The zero-order chi connectivity index (χ0) is 14.5. The predicted octanol–water partition coefficient (Wildman–Crippen LogP) is 4.18. The first-order chi connectivity index (χ1) is 10.4. The van der Waals surface area contributed by atoms with Gasteiger partial charge in [-0.05, 0) is 36.1 Å². The van der Waals surface area contributed by atoms with Crippen molar-refractivity contribution in [2.24, 2.45) is 0 Å². The van der Waals surface area contributed by atoms with Gasteiger partial charge in [-0.3, -0.25) is 0 Å². The van der Waals surface area contributed by atoms with Crippen molar-refractivity contribution in [3.05, 3.63) is 59.7 Å². The van der Waals surface area contributed by atoms with Crippen LogP contribution in [0.15, 0.2) is 48.5 Å². The van der Waals surface area contributed by atoms with Crippen LogP contribution in [-0.4, -0.2) is 25.6 Å². The number of fused-ring (bicyclic) bond motifs is 2. The summed E-state index contributed by atoms with van der Waals surface area (Å²) in [6.07, 6.45) is 2.18. The molecule has 21 heavy (non-hydrogen) atoms. The van der Waals surface area contributed by atoms with E-state index in [1.165, 1.54) is 22.5 Å². The number of ether oxygens (including phenoxy) is 1. The van der Waals surface area contributed by atoms with Crippen molar-refractivity contribution in [1.82, 2.24) is 0 Å². The second kappa shape index (κ2) is 6.97. The molecule has 1 aliphatic rings. The van der Waals surface area contributed by atoms with Gasteiger partial charge >= 0.3 is 0 Å². The molecule has 0 aromatic heterocycles. The minimum Gasteiger partial charge on any atom is -0.378 e. The fourth-order valence-corrected chi connectivity index (χ4v) is 3.03. The van der Waals surface area contributed by atoms with Crippen LogP contribution < -0.4 is 4.90 Å². The number of nitrogens with zero attached hydrogens (tertiary/aromatic N) is 1. The predicted molar refractivity (Wildman–Crippen MR) is 88.8 cm³/mol. The van der Waals surface area contributed by atoms with Crippen LogP contribution in [0.3, 0.4) is 0 Å². The monoisotopic (exact) mass is 301 g/mol. The van der Waals surface area contributed by atoms with Gasteiger partial charge in [0.15, 0.2) is 0 Å². The molecule has 0 bridgehead atoms. The lowest BCUT2D eigenvalue weighted by molar-refractivity contribution is 0.157. The molecule has 1 aliphatic heterocycles. The van der Waals surface area contributed by atoms with Crippen molar-refractivity contribution in [3.63, 3.8) is 0 Å². The van der Waals surface area contributed by atoms with E-state index in [9.17, 15) is 0 Å². The van der Waals surface area contributed by atoms with Gasteiger partial charge in [0.25, 0.3) is 0 Å².